The van der Waals surface area contributed by atoms with Crippen molar-refractivity contribution < 1.29 is 17.9 Å². The van der Waals surface area contributed by atoms with E-state index in [2.05, 4.69) is 10.0 Å². The quantitative estimate of drug-likeness (QED) is 0.797. The molecule has 2 N–H and O–H groups in total. The molecular formula is C20H24N2O4S. The Morgan fingerprint density at radius 1 is 1.11 bits per heavy atom. The van der Waals surface area contributed by atoms with Crippen molar-refractivity contribution in [3.8, 4) is 0 Å². The highest BCUT2D eigenvalue weighted by atomic mass is 32.2. The number of carbonyl (C=O) groups excluding carboxylic acids is 1. The lowest BCUT2D eigenvalue weighted by molar-refractivity contribution is 0.102. The Morgan fingerprint density at radius 3 is 2.37 bits per heavy atom. The van der Waals surface area contributed by atoms with E-state index in [4.69, 9.17) is 4.74 Å². The van der Waals surface area contributed by atoms with Crippen LogP contribution in [-0.2, 0) is 14.8 Å². The molecule has 0 aliphatic carbocycles. The molecule has 0 saturated carbocycles. The largest absolute Gasteiger partial charge is 0.377 e. The first-order valence-corrected chi connectivity index (χ1v) is 10.4. The van der Waals surface area contributed by atoms with E-state index >= 15 is 0 Å². The van der Waals surface area contributed by atoms with Crippen LogP contribution in [0.5, 0.6) is 0 Å². The summed E-state index contributed by atoms with van der Waals surface area (Å²) in [5.41, 5.74) is 3.23. The van der Waals surface area contributed by atoms with Crippen LogP contribution in [0.1, 0.15) is 34.3 Å². The first-order valence-electron chi connectivity index (χ1n) is 8.94. The van der Waals surface area contributed by atoms with Gasteiger partial charge in [0.25, 0.3) is 5.91 Å². The predicted octanol–water partition coefficient (Wildman–Crippen LogP) is 3.01. The summed E-state index contributed by atoms with van der Waals surface area (Å²) < 4.78 is 32.7. The van der Waals surface area contributed by atoms with Gasteiger partial charge in [-0.1, -0.05) is 6.07 Å². The number of carbonyl (C=O) groups is 1. The molecule has 7 heteroatoms. The van der Waals surface area contributed by atoms with E-state index in [1.165, 1.54) is 24.3 Å². The summed E-state index contributed by atoms with van der Waals surface area (Å²) in [6, 6.07) is 11.7. The van der Waals surface area contributed by atoms with Gasteiger partial charge in [0.15, 0.2) is 0 Å². The van der Waals surface area contributed by atoms with Gasteiger partial charge in [-0.2, -0.15) is 0 Å². The Hall–Kier alpha value is -2.22. The molecule has 6 nitrogen and oxygen atoms in total. The van der Waals surface area contributed by atoms with Crippen LogP contribution >= 0.6 is 0 Å². The van der Waals surface area contributed by atoms with Crippen LogP contribution < -0.4 is 10.0 Å². The zero-order chi connectivity index (χ0) is 19.4. The maximum absolute atomic E-state index is 12.4. The van der Waals surface area contributed by atoms with E-state index < -0.39 is 10.0 Å². The summed E-state index contributed by atoms with van der Waals surface area (Å²) in [6.07, 6.45) is 1.75. The number of sulfonamides is 1. The van der Waals surface area contributed by atoms with Crippen molar-refractivity contribution in [1.29, 1.82) is 0 Å². The van der Waals surface area contributed by atoms with E-state index in [0.29, 0.717) is 17.9 Å². The van der Waals surface area contributed by atoms with Gasteiger partial charge in [0, 0.05) is 24.4 Å². The van der Waals surface area contributed by atoms with E-state index in [1.807, 2.05) is 32.0 Å². The van der Waals surface area contributed by atoms with Crippen LogP contribution in [0.2, 0.25) is 0 Å². The van der Waals surface area contributed by atoms with Crippen molar-refractivity contribution in [2.75, 3.05) is 18.5 Å². The Kier molecular flexibility index (Phi) is 5.94. The van der Waals surface area contributed by atoms with Crippen molar-refractivity contribution in [2.24, 2.45) is 0 Å². The molecule has 1 fully saturated rings. The van der Waals surface area contributed by atoms with Crippen LogP contribution in [-0.4, -0.2) is 33.6 Å². The predicted molar refractivity (Wildman–Crippen MR) is 104 cm³/mol. The summed E-state index contributed by atoms with van der Waals surface area (Å²) in [5, 5.41) is 2.84. The van der Waals surface area contributed by atoms with Crippen LogP contribution in [0, 0.1) is 13.8 Å². The topological polar surface area (TPSA) is 84.5 Å². The van der Waals surface area contributed by atoms with Gasteiger partial charge < -0.3 is 10.1 Å². The van der Waals surface area contributed by atoms with Crippen molar-refractivity contribution in [2.45, 2.75) is 37.7 Å². The fourth-order valence-electron chi connectivity index (χ4n) is 3.13. The van der Waals surface area contributed by atoms with Crippen molar-refractivity contribution in [1.82, 2.24) is 4.72 Å². The molecule has 27 heavy (non-hydrogen) atoms. The van der Waals surface area contributed by atoms with Crippen molar-refractivity contribution in [3.05, 3.63) is 59.2 Å². The molecule has 0 unspecified atom stereocenters. The van der Waals surface area contributed by atoms with Gasteiger partial charge in [0.05, 0.1) is 11.0 Å². The highest BCUT2D eigenvalue weighted by Gasteiger charge is 2.20. The highest BCUT2D eigenvalue weighted by molar-refractivity contribution is 7.89. The van der Waals surface area contributed by atoms with Gasteiger partial charge >= 0.3 is 0 Å². The summed E-state index contributed by atoms with van der Waals surface area (Å²) in [6.45, 7) is 4.87. The molecule has 1 atom stereocenters. The fourth-order valence-corrected chi connectivity index (χ4v) is 4.19. The molecule has 2 aromatic carbocycles. The Morgan fingerprint density at radius 2 is 1.78 bits per heavy atom. The number of rotatable bonds is 6. The molecule has 1 aliphatic heterocycles. The maximum atomic E-state index is 12.4. The zero-order valence-electron chi connectivity index (χ0n) is 15.5. The summed E-state index contributed by atoms with van der Waals surface area (Å²) in [4.78, 5) is 12.5. The van der Waals surface area contributed by atoms with Gasteiger partial charge in [-0.15, -0.1) is 0 Å². The lowest BCUT2D eigenvalue weighted by Crippen LogP contribution is -2.31. The molecule has 1 saturated heterocycles. The Balaban J connectivity index is 1.65. The molecule has 1 amide bonds. The van der Waals surface area contributed by atoms with Gasteiger partial charge in [-0.05, 0) is 74.2 Å². The zero-order valence-corrected chi connectivity index (χ0v) is 16.3. The minimum Gasteiger partial charge on any atom is -0.377 e. The third-order valence-corrected chi connectivity index (χ3v) is 5.87. The monoisotopic (exact) mass is 388 g/mol. The average Bonchev–Trinajstić information content (AvgIpc) is 3.13. The fraction of sp³-hybridized carbons (Fsp3) is 0.350. The van der Waals surface area contributed by atoms with E-state index in [-0.39, 0.29) is 23.5 Å². The molecule has 144 valence electrons. The third kappa shape index (κ3) is 5.15. The van der Waals surface area contributed by atoms with E-state index in [0.717, 1.165) is 24.0 Å². The first kappa shape index (κ1) is 19.5. The van der Waals surface area contributed by atoms with E-state index in [1.54, 1.807) is 0 Å². The average molecular weight is 388 g/mol. The molecular weight excluding hydrogens is 364 g/mol. The molecule has 0 aromatic heterocycles. The number of aryl methyl sites for hydroxylation is 2. The summed E-state index contributed by atoms with van der Waals surface area (Å²) in [5.74, 6) is -0.281. The first-order chi connectivity index (χ1) is 12.8. The van der Waals surface area contributed by atoms with Crippen molar-refractivity contribution in [3.63, 3.8) is 0 Å². The standard InChI is InChI=1S/C20H24N2O4S/c1-14-10-15(2)12-17(11-14)22-20(23)16-5-7-19(8-6-16)27(24,25)21-13-18-4-3-9-26-18/h5-8,10-12,18,21H,3-4,9,13H2,1-2H3,(H,22,23)/t18-/m0/s1. The third-order valence-electron chi connectivity index (χ3n) is 4.43. The molecule has 0 radical (unpaired) electrons. The Bertz CT molecular complexity index is 897. The minimum absolute atomic E-state index is 0.0670. The summed E-state index contributed by atoms with van der Waals surface area (Å²) in [7, 11) is -3.62. The normalized spacial score (nSPS) is 17.0. The van der Waals surface area contributed by atoms with Gasteiger partial charge in [0.2, 0.25) is 10.0 Å². The van der Waals surface area contributed by atoms with Crippen LogP contribution in [0.4, 0.5) is 5.69 Å². The van der Waals surface area contributed by atoms with Crippen LogP contribution in [0.25, 0.3) is 0 Å². The number of nitrogens with one attached hydrogen (secondary N) is 2. The SMILES string of the molecule is Cc1cc(C)cc(NC(=O)c2ccc(S(=O)(=O)NC[C@@H]3CCCO3)cc2)c1. The summed E-state index contributed by atoms with van der Waals surface area (Å²) >= 11 is 0. The Labute approximate surface area is 160 Å². The number of hydrogen-bond acceptors (Lipinski definition) is 4. The van der Waals surface area contributed by atoms with Gasteiger partial charge in [-0.25, -0.2) is 13.1 Å². The molecule has 3 rings (SSSR count). The van der Waals surface area contributed by atoms with Gasteiger partial charge in [0.1, 0.15) is 0 Å². The highest BCUT2D eigenvalue weighted by Crippen LogP contribution is 2.17. The second-order valence-electron chi connectivity index (χ2n) is 6.84. The number of anilines is 1. The van der Waals surface area contributed by atoms with E-state index in [9.17, 15) is 13.2 Å². The molecule has 0 spiro atoms. The lowest BCUT2D eigenvalue weighted by Gasteiger charge is -2.12. The molecule has 2 aromatic rings. The molecule has 0 bridgehead atoms. The smallest absolute Gasteiger partial charge is 0.255 e. The number of hydrogen-bond donors (Lipinski definition) is 2. The second kappa shape index (κ2) is 8.21. The molecule has 1 aliphatic rings. The van der Waals surface area contributed by atoms with Crippen molar-refractivity contribution >= 4 is 21.6 Å². The molecule has 1 heterocycles. The minimum atomic E-state index is -3.62. The maximum Gasteiger partial charge on any atom is 0.255 e. The number of benzene rings is 2. The number of ether oxygens (including phenoxy) is 1. The lowest BCUT2D eigenvalue weighted by atomic mass is 10.1. The van der Waals surface area contributed by atoms with Crippen LogP contribution in [0.15, 0.2) is 47.4 Å². The second-order valence-corrected chi connectivity index (χ2v) is 8.61. The number of amides is 1. The van der Waals surface area contributed by atoms with Crippen LogP contribution in [0.3, 0.4) is 0 Å². The van der Waals surface area contributed by atoms with Gasteiger partial charge in [-0.3, -0.25) is 4.79 Å².